The van der Waals surface area contributed by atoms with Crippen LogP contribution < -0.4 is 0 Å². The molecule has 0 spiro atoms. The molecule has 88 valence electrons. The second kappa shape index (κ2) is 5.99. The molecule has 4 heteroatoms. The average Bonchev–Trinajstić information content (AvgIpc) is 2.20. The summed E-state index contributed by atoms with van der Waals surface area (Å²) in [7, 11) is 0. The third-order valence-electron chi connectivity index (χ3n) is 2.15. The van der Waals surface area contributed by atoms with Crippen LogP contribution in [0.1, 0.15) is 27.7 Å². The Morgan fingerprint density at radius 3 is 1.94 bits per heavy atom. The van der Waals surface area contributed by atoms with Gasteiger partial charge < -0.3 is 0 Å². The lowest BCUT2D eigenvalue weighted by atomic mass is 10.3. The van der Waals surface area contributed by atoms with Crippen LogP contribution in [0.4, 0.5) is 5.69 Å². The van der Waals surface area contributed by atoms with Gasteiger partial charge in [-0.15, -0.1) is 5.11 Å². The number of nitrogens with zero attached hydrogens (tertiary/aromatic N) is 3. The maximum Gasteiger partial charge on any atom is 0.0875 e. The Labute approximate surface area is 106 Å². The Hall–Kier alpha value is -0.900. The molecular weight excluding hydrogens is 266 g/mol. The van der Waals surface area contributed by atoms with Gasteiger partial charge in [0.1, 0.15) is 0 Å². The van der Waals surface area contributed by atoms with E-state index in [1.807, 2.05) is 29.3 Å². The van der Waals surface area contributed by atoms with Crippen LogP contribution >= 0.6 is 15.9 Å². The number of halogens is 1. The number of hydrogen-bond donors (Lipinski definition) is 0. The Balaban J connectivity index is 2.74. The second-order valence-corrected chi connectivity index (χ2v) is 5.15. The highest BCUT2D eigenvalue weighted by molar-refractivity contribution is 9.10. The standard InChI is InChI=1S/C12H18BrN3/c1-9(2)16(10(3)4)15-14-12-7-5-11(13)6-8-12/h5-10H,1-4H3. The minimum absolute atomic E-state index is 0.360. The van der Waals surface area contributed by atoms with Gasteiger partial charge in [-0.25, -0.2) is 0 Å². The zero-order chi connectivity index (χ0) is 12.1. The lowest BCUT2D eigenvalue weighted by Gasteiger charge is -2.25. The molecule has 0 N–H and O–H groups in total. The lowest BCUT2D eigenvalue weighted by Crippen LogP contribution is -2.31. The Bertz CT molecular complexity index is 336. The summed E-state index contributed by atoms with van der Waals surface area (Å²) in [6.45, 7) is 8.45. The van der Waals surface area contributed by atoms with E-state index in [9.17, 15) is 0 Å². The molecule has 0 aliphatic rings. The van der Waals surface area contributed by atoms with Crippen LogP contribution in [0.3, 0.4) is 0 Å². The summed E-state index contributed by atoms with van der Waals surface area (Å²) in [5.74, 6) is 0. The molecule has 1 aromatic carbocycles. The molecule has 0 aliphatic heterocycles. The predicted molar refractivity (Wildman–Crippen MR) is 70.8 cm³/mol. The second-order valence-electron chi connectivity index (χ2n) is 4.23. The molecule has 0 aromatic heterocycles. The zero-order valence-corrected chi connectivity index (χ0v) is 11.8. The first-order valence-corrected chi connectivity index (χ1v) is 6.25. The summed E-state index contributed by atoms with van der Waals surface area (Å²) >= 11 is 3.39. The van der Waals surface area contributed by atoms with Crippen LogP contribution in [0.15, 0.2) is 39.1 Å². The normalized spacial score (nSPS) is 11.7. The molecule has 0 saturated heterocycles. The van der Waals surface area contributed by atoms with Gasteiger partial charge in [-0.2, -0.15) is 0 Å². The van der Waals surface area contributed by atoms with Crippen molar-refractivity contribution in [2.45, 2.75) is 39.8 Å². The summed E-state index contributed by atoms with van der Waals surface area (Å²) in [6.07, 6.45) is 0. The van der Waals surface area contributed by atoms with Crippen molar-refractivity contribution in [2.24, 2.45) is 10.3 Å². The fraction of sp³-hybridized carbons (Fsp3) is 0.500. The zero-order valence-electron chi connectivity index (χ0n) is 10.2. The van der Waals surface area contributed by atoms with Crippen molar-refractivity contribution in [3.63, 3.8) is 0 Å². The van der Waals surface area contributed by atoms with E-state index in [1.54, 1.807) is 0 Å². The SMILES string of the molecule is CC(C)N(N=Nc1ccc(Br)cc1)C(C)C. The van der Waals surface area contributed by atoms with Gasteiger partial charge in [0, 0.05) is 16.6 Å². The minimum Gasteiger partial charge on any atom is -0.273 e. The highest BCUT2D eigenvalue weighted by Crippen LogP contribution is 2.18. The predicted octanol–water partition coefficient (Wildman–Crippen LogP) is 4.57. The summed E-state index contributed by atoms with van der Waals surface area (Å²) in [5.41, 5.74) is 0.870. The van der Waals surface area contributed by atoms with E-state index in [2.05, 4.69) is 54.0 Å². The van der Waals surface area contributed by atoms with Gasteiger partial charge >= 0.3 is 0 Å². The molecule has 0 bridgehead atoms. The first-order valence-electron chi connectivity index (χ1n) is 5.46. The number of benzene rings is 1. The summed E-state index contributed by atoms with van der Waals surface area (Å²) in [6, 6.07) is 8.52. The van der Waals surface area contributed by atoms with Crippen LogP contribution in [-0.2, 0) is 0 Å². The van der Waals surface area contributed by atoms with Crippen LogP contribution in [-0.4, -0.2) is 17.1 Å². The van der Waals surface area contributed by atoms with E-state index in [4.69, 9.17) is 0 Å². The van der Waals surface area contributed by atoms with Crippen molar-refractivity contribution < 1.29 is 0 Å². The maximum absolute atomic E-state index is 4.27. The first-order chi connectivity index (χ1) is 7.50. The van der Waals surface area contributed by atoms with E-state index in [0.717, 1.165) is 10.2 Å². The van der Waals surface area contributed by atoms with Crippen molar-refractivity contribution in [3.05, 3.63) is 28.7 Å². The molecule has 0 saturated carbocycles. The molecule has 0 unspecified atom stereocenters. The topological polar surface area (TPSA) is 28.0 Å². The van der Waals surface area contributed by atoms with Gasteiger partial charge in [-0.1, -0.05) is 21.2 Å². The molecule has 3 nitrogen and oxygen atoms in total. The highest BCUT2D eigenvalue weighted by atomic mass is 79.9. The van der Waals surface area contributed by atoms with Crippen LogP contribution in [0.5, 0.6) is 0 Å². The molecule has 0 heterocycles. The van der Waals surface area contributed by atoms with Crippen molar-refractivity contribution in [2.75, 3.05) is 0 Å². The van der Waals surface area contributed by atoms with Crippen LogP contribution in [0, 0.1) is 0 Å². The van der Waals surface area contributed by atoms with Gasteiger partial charge in [0.25, 0.3) is 0 Å². The van der Waals surface area contributed by atoms with Gasteiger partial charge in [0.15, 0.2) is 0 Å². The fourth-order valence-corrected chi connectivity index (χ4v) is 1.68. The Morgan fingerprint density at radius 1 is 1.00 bits per heavy atom. The molecule has 0 amide bonds. The van der Waals surface area contributed by atoms with E-state index in [-0.39, 0.29) is 0 Å². The van der Waals surface area contributed by atoms with E-state index >= 15 is 0 Å². The van der Waals surface area contributed by atoms with Crippen LogP contribution in [0.2, 0.25) is 0 Å². The molecule has 0 atom stereocenters. The number of rotatable bonds is 4. The Morgan fingerprint density at radius 2 is 1.50 bits per heavy atom. The summed E-state index contributed by atoms with van der Waals surface area (Å²) in [4.78, 5) is 0. The van der Waals surface area contributed by atoms with Gasteiger partial charge in [0.05, 0.1) is 5.69 Å². The van der Waals surface area contributed by atoms with Crippen molar-refractivity contribution >= 4 is 21.6 Å². The number of hydrogen-bond acceptors (Lipinski definition) is 2. The smallest absolute Gasteiger partial charge is 0.0875 e. The molecule has 0 fully saturated rings. The quantitative estimate of drug-likeness (QED) is 0.588. The van der Waals surface area contributed by atoms with E-state index in [1.165, 1.54) is 0 Å². The maximum atomic E-state index is 4.27. The lowest BCUT2D eigenvalue weighted by molar-refractivity contribution is 0.169. The molecule has 1 rings (SSSR count). The molecular formula is C12H18BrN3. The van der Waals surface area contributed by atoms with Gasteiger partial charge in [-0.05, 0) is 52.0 Å². The van der Waals surface area contributed by atoms with Crippen molar-refractivity contribution in [3.8, 4) is 0 Å². The fourth-order valence-electron chi connectivity index (χ4n) is 1.41. The van der Waals surface area contributed by atoms with Crippen molar-refractivity contribution in [1.82, 2.24) is 5.01 Å². The van der Waals surface area contributed by atoms with Crippen LogP contribution in [0.25, 0.3) is 0 Å². The molecule has 1 aromatic rings. The van der Waals surface area contributed by atoms with Crippen molar-refractivity contribution in [1.29, 1.82) is 0 Å². The molecule has 0 aliphatic carbocycles. The summed E-state index contributed by atoms with van der Waals surface area (Å²) in [5, 5.41) is 10.5. The van der Waals surface area contributed by atoms with Gasteiger partial charge in [-0.3, -0.25) is 5.01 Å². The Kier molecular flexibility index (Phi) is 4.93. The first kappa shape index (κ1) is 13.2. The molecule has 0 radical (unpaired) electrons. The van der Waals surface area contributed by atoms with E-state index in [0.29, 0.717) is 12.1 Å². The molecule has 16 heavy (non-hydrogen) atoms. The minimum atomic E-state index is 0.360. The van der Waals surface area contributed by atoms with Gasteiger partial charge in [0.2, 0.25) is 0 Å². The average molecular weight is 284 g/mol. The monoisotopic (exact) mass is 283 g/mol. The van der Waals surface area contributed by atoms with E-state index < -0.39 is 0 Å². The highest BCUT2D eigenvalue weighted by Gasteiger charge is 2.10. The largest absolute Gasteiger partial charge is 0.273 e. The third kappa shape index (κ3) is 3.93. The third-order valence-corrected chi connectivity index (χ3v) is 2.68. The summed E-state index contributed by atoms with van der Waals surface area (Å²) < 4.78 is 1.05.